The topological polar surface area (TPSA) is 44.1 Å². The third-order valence-electron chi connectivity index (χ3n) is 1.83. The first-order valence-electron chi connectivity index (χ1n) is 4.41. The summed E-state index contributed by atoms with van der Waals surface area (Å²) in [5, 5.41) is 8.29. The molecule has 0 radical (unpaired) electrons. The molecule has 1 saturated heterocycles. The molecule has 1 aliphatic heterocycles. The predicted molar refractivity (Wildman–Crippen MR) is 47.3 cm³/mol. The van der Waals surface area contributed by atoms with Crippen molar-refractivity contribution in [3.63, 3.8) is 0 Å². The Morgan fingerprint density at radius 2 is 2.25 bits per heavy atom. The van der Waals surface area contributed by atoms with Crippen LogP contribution in [0.15, 0.2) is 0 Å². The first kappa shape index (κ1) is 11.0. The summed E-state index contributed by atoms with van der Waals surface area (Å²) in [7, 11) is 0. The molecule has 1 atom stereocenters. The summed E-state index contributed by atoms with van der Waals surface area (Å²) in [5.41, 5.74) is 0. The van der Waals surface area contributed by atoms with Crippen LogP contribution < -0.4 is 0 Å². The van der Waals surface area contributed by atoms with Gasteiger partial charge in [0, 0.05) is 12.5 Å². The Hall–Kier alpha value is -1.04. The van der Waals surface area contributed by atoms with Gasteiger partial charge in [0.2, 0.25) is 5.91 Å². The van der Waals surface area contributed by atoms with Crippen LogP contribution in [0.3, 0.4) is 0 Å². The molecule has 68 valence electrons. The molecule has 0 aliphatic carbocycles. The van der Waals surface area contributed by atoms with E-state index in [0.29, 0.717) is 0 Å². The molecule has 1 unspecified atom stereocenters. The summed E-state index contributed by atoms with van der Waals surface area (Å²) in [6.07, 6.45) is 0.903. The molecular formula is C9H16N2O. The lowest BCUT2D eigenvalue weighted by molar-refractivity contribution is -0.130. The molecule has 1 amide bonds. The highest BCUT2D eigenvalue weighted by Crippen LogP contribution is 2.15. The Labute approximate surface area is 74.0 Å². The maximum absolute atomic E-state index is 11.1. The second kappa shape index (κ2) is 5.59. The monoisotopic (exact) mass is 168 g/mol. The molecule has 0 saturated carbocycles. The van der Waals surface area contributed by atoms with Crippen LogP contribution in [0, 0.1) is 17.2 Å². The third kappa shape index (κ3) is 2.54. The second-order valence-corrected chi connectivity index (χ2v) is 2.61. The van der Waals surface area contributed by atoms with E-state index in [9.17, 15) is 4.79 Å². The van der Waals surface area contributed by atoms with Crippen molar-refractivity contribution in [2.24, 2.45) is 5.92 Å². The number of carbonyl (C=O) groups is 1. The highest BCUT2D eigenvalue weighted by atomic mass is 16.2. The zero-order chi connectivity index (χ0) is 9.56. The number of rotatable bonds is 1. The Bertz CT molecular complexity index is 183. The van der Waals surface area contributed by atoms with Crippen LogP contribution in [0.1, 0.15) is 27.2 Å². The van der Waals surface area contributed by atoms with Crippen LogP contribution >= 0.6 is 0 Å². The molecule has 1 rings (SSSR count). The SMILES string of the molecule is CC.CC1CCN(CC#N)C1=O. The Morgan fingerprint density at radius 3 is 2.58 bits per heavy atom. The summed E-state index contributed by atoms with van der Waals surface area (Å²) in [6.45, 7) is 6.91. The van der Waals surface area contributed by atoms with Gasteiger partial charge in [-0.05, 0) is 6.42 Å². The molecule has 0 bridgehead atoms. The van der Waals surface area contributed by atoms with Crippen molar-refractivity contribution >= 4 is 5.91 Å². The number of nitrogens with zero attached hydrogens (tertiary/aromatic N) is 2. The van der Waals surface area contributed by atoms with Crippen LogP contribution in [-0.4, -0.2) is 23.9 Å². The largest absolute Gasteiger partial charge is 0.329 e. The van der Waals surface area contributed by atoms with Gasteiger partial charge in [-0.15, -0.1) is 0 Å². The standard InChI is InChI=1S/C7H10N2O.C2H6/c1-6-2-4-9(5-3-8)7(6)10;1-2/h6H,2,4-5H2,1H3;1-2H3. The van der Waals surface area contributed by atoms with Crippen LogP contribution in [0.4, 0.5) is 0 Å². The lowest BCUT2D eigenvalue weighted by Gasteiger charge is -2.09. The lowest BCUT2D eigenvalue weighted by Crippen LogP contribution is -2.26. The quantitative estimate of drug-likeness (QED) is 0.555. The molecule has 0 N–H and O–H groups in total. The van der Waals surface area contributed by atoms with Gasteiger partial charge in [0.1, 0.15) is 6.54 Å². The summed E-state index contributed by atoms with van der Waals surface area (Å²) in [6, 6.07) is 1.97. The maximum Gasteiger partial charge on any atom is 0.226 e. The van der Waals surface area contributed by atoms with Crippen molar-refractivity contribution in [1.29, 1.82) is 5.26 Å². The lowest BCUT2D eigenvalue weighted by atomic mass is 10.1. The van der Waals surface area contributed by atoms with Crippen molar-refractivity contribution in [3.05, 3.63) is 0 Å². The van der Waals surface area contributed by atoms with Gasteiger partial charge in [0.05, 0.1) is 6.07 Å². The summed E-state index contributed by atoms with van der Waals surface area (Å²) < 4.78 is 0. The first-order valence-corrected chi connectivity index (χ1v) is 4.41. The van der Waals surface area contributed by atoms with E-state index < -0.39 is 0 Å². The van der Waals surface area contributed by atoms with Gasteiger partial charge in [-0.25, -0.2) is 0 Å². The van der Waals surface area contributed by atoms with Crippen molar-refractivity contribution < 1.29 is 4.79 Å². The number of hydrogen-bond acceptors (Lipinski definition) is 2. The summed E-state index contributed by atoms with van der Waals surface area (Å²) in [5.74, 6) is 0.259. The van der Waals surface area contributed by atoms with Gasteiger partial charge < -0.3 is 4.90 Å². The number of likely N-dealkylation sites (tertiary alicyclic amines) is 1. The molecule has 0 aromatic carbocycles. The van der Waals surface area contributed by atoms with Crippen LogP contribution in [-0.2, 0) is 4.79 Å². The minimum atomic E-state index is 0.126. The fourth-order valence-corrected chi connectivity index (χ4v) is 1.14. The Morgan fingerprint density at radius 1 is 1.67 bits per heavy atom. The van der Waals surface area contributed by atoms with Gasteiger partial charge in [0.15, 0.2) is 0 Å². The molecule has 3 nitrogen and oxygen atoms in total. The summed E-state index contributed by atoms with van der Waals surface area (Å²) in [4.78, 5) is 12.7. The fourth-order valence-electron chi connectivity index (χ4n) is 1.14. The number of nitriles is 1. The average molecular weight is 168 g/mol. The minimum Gasteiger partial charge on any atom is -0.329 e. The van der Waals surface area contributed by atoms with Crippen molar-refractivity contribution in [2.75, 3.05) is 13.1 Å². The van der Waals surface area contributed by atoms with Gasteiger partial charge in [-0.2, -0.15) is 5.26 Å². The van der Waals surface area contributed by atoms with Gasteiger partial charge >= 0.3 is 0 Å². The number of hydrogen-bond donors (Lipinski definition) is 0. The molecule has 1 aliphatic rings. The summed E-state index contributed by atoms with van der Waals surface area (Å²) >= 11 is 0. The van der Waals surface area contributed by atoms with Crippen LogP contribution in [0.5, 0.6) is 0 Å². The van der Waals surface area contributed by atoms with Crippen LogP contribution in [0.25, 0.3) is 0 Å². The zero-order valence-electron chi connectivity index (χ0n) is 8.00. The average Bonchev–Trinajstić information content (AvgIpc) is 2.41. The van der Waals surface area contributed by atoms with Crippen molar-refractivity contribution in [1.82, 2.24) is 4.90 Å². The minimum absolute atomic E-state index is 0.126. The van der Waals surface area contributed by atoms with E-state index >= 15 is 0 Å². The highest BCUT2D eigenvalue weighted by molar-refractivity contribution is 5.80. The van der Waals surface area contributed by atoms with Gasteiger partial charge in [0.25, 0.3) is 0 Å². The van der Waals surface area contributed by atoms with Gasteiger partial charge in [-0.1, -0.05) is 20.8 Å². The third-order valence-corrected chi connectivity index (χ3v) is 1.83. The van der Waals surface area contributed by atoms with E-state index in [-0.39, 0.29) is 18.4 Å². The van der Waals surface area contributed by atoms with Gasteiger partial charge in [-0.3, -0.25) is 4.79 Å². The molecule has 0 spiro atoms. The molecule has 0 aromatic heterocycles. The predicted octanol–water partition coefficient (Wildman–Crippen LogP) is 1.40. The van der Waals surface area contributed by atoms with E-state index in [4.69, 9.17) is 5.26 Å². The van der Waals surface area contributed by atoms with E-state index in [1.165, 1.54) is 0 Å². The second-order valence-electron chi connectivity index (χ2n) is 2.61. The zero-order valence-corrected chi connectivity index (χ0v) is 8.00. The van der Waals surface area contributed by atoms with Crippen molar-refractivity contribution in [3.8, 4) is 6.07 Å². The molecule has 3 heteroatoms. The van der Waals surface area contributed by atoms with Crippen molar-refractivity contribution in [2.45, 2.75) is 27.2 Å². The number of carbonyl (C=O) groups excluding carboxylic acids is 1. The Balaban J connectivity index is 0.000000561. The van der Waals surface area contributed by atoms with E-state index in [0.717, 1.165) is 13.0 Å². The van der Waals surface area contributed by atoms with E-state index in [2.05, 4.69) is 0 Å². The molecular weight excluding hydrogens is 152 g/mol. The molecule has 1 heterocycles. The normalized spacial score (nSPS) is 21.3. The Kier molecular flexibility index (Phi) is 5.11. The molecule has 12 heavy (non-hydrogen) atoms. The highest BCUT2D eigenvalue weighted by Gasteiger charge is 2.26. The number of amides is 1. The van der Waals surface area contributed by atoms with Crippen LogP contribution in [0.2, 0.25) is 0 Å². The smallest absolute Gasteiger partial charge is 0.226 e. The van der Waals surface area contributed by atoms with E-state index in [1.54, 1.807) is 4.90 Å². The maximum atomic E-state index is 11.1. The molecule has 1 fully saturated rings. The van der Waals surface area contributed by atoms with E-state index in [1.807, 2.05) is 26.8 Å². The fraction of sp³-hybridized carbons (Fsp3) is 0.778. The molecule has 0 aromatic rings. The first-order chi connectivity index (χ1) is 5.75.